The molecule has 0 saturated carbocycles. The molecule has 3 unspecified atom stereocenters. The van der Waals surface area contributed by atoms with Crippen LogP contribution < -0.4 is 0 Å². The quantitative estimate of drug-likeness (QED) is 0.135. The van der Waals surface area contributed by atoms with Gasteiger partial charge in [-0.05, 0) is 38.8 Å². The molecule has 0 fully saturated rings. The van der Waals surface area contributed by atoms with Gasteiger partial charge in [0, 0.05) is 20.9 Å². The van der Waals surface area contributed by atoms with Crippen LogP contribution in [0.1, 0.15) is 54.2 Å². The lowest BCUT2D eigenvalue weighted by Gasteiger charge is -2.71. The SMILES string of the molecule is CC(C)(C)C(C(P)(c1ccccc1)c1ccccc1)(C(P)(c1ccccc1)c1ccccc1)C(P)(c1ccccc1)c1ccccc1. The second-order valence-electron chi connectivity index (χ2n) is 13.6. The molecule has 0 N–H and O–H groups in total. The summed E-state index contributed by atoms with van der Waals surface area (Å²) in [5, 5.41) is -1.97. The van der Waals surface area contributed by atoms with Crippen molar-refractivity contribution in [3.63, 3.8) is 0 Å². The summed E-state index contributed by atoms with van der Waals surface area (Å²) < 4.78 is 0. The van der Waals surface area contributed by atoms with Crippen LogP contribution in [0.4, 0.5) is 0 Å². The van der Waals surface area contributed by atoms with E-state index < -0.39 is 20.9 Å². The number of hydrogen-bond acceptors (Lipinski definition) is 0. The molecule has 0 aliphatic rings. The molecule has 0 radical (unpaired) electrons. The van der Waals surface area contributed by atoms with Crippen molar-refractivity contribution in [1.82, 2.24) is 0 Å². The molecular formula is C44H45P3. The first-order valence-corrected chi connectivity index (χ1v) is 18.1. The lowest BCUT2D eigenvalue weighted by molar-refractivity contribution is -0.0176. The van der Waals surface area contributed by atoms with Gasteiger partial charge in [-0.2, -0.15) is 0 Å². The zero-order chi connectivity index (χ0) is 33.2. The fraction of sp³-hybridized carbons (Fsp3) is 0.182. The molecule has 0 spiro atoms. The van der Waals surface area contributed by atoms with Crippen LogP contribution in [0.2, 0.25) is 0 Å². The Morgan fingerprint density at radius 1 is 0.277 bits per heavy atom. The molecule has 6 aromatic carbocycles. The Balaban J connectivity index is 1.99. The molecule has 0 bridgehead atoms. The molecular weight excluding hydrogens is 621 g/mol. The lowest BCUT2D eigenvalue weighted by Crippen LogP contribution is -2.69. The standard InChI is InChI=1S/C44H45P3/c1-40(2,3)44(41(45,34-22-10-4-11-23-34)35-24-12-5-13-25-35,42(46,36-26-14-6-15-27-36)37-28-16-7-17-29-37)43(47,38-30-18-8-19-31-38)39-32-20-9-21-33-39/h4-33H,45-47H2,1-3H3. The van der Waals surface area contributed by atoms with Crippen molar-refractivity contribution in [2.45, 2.75) is 36.2 Å². The van der Waals surface area contributed by atoms with Gasteiger partial charge >= 0.3 is 0 Å². The monoisotopic (exact) mass is 666 g/mol. The second-order valence-corrected chi connectivity index (χ2v) is 16.2. The first kappa shape index (κ1) is 33.5. The molecule has 236 valence electrons. The van der Waals surface area contributed by atoms with Crippen LogP contribution >= 0.6 is 27.7 Å². The van der Waals surface area contributed by atoms with Gasteiger partial charge in [-0.1, -0.05) is 203 Å². The molecule has 3 atom stereocenters. The summed E-state index contributed by atoms with van der Waals surface area (Å²) in [6.07, 6.45) is 0. The van der Waals surface area contributed by atoms with E-state index in [1.165, 1.54) is 33.4 Å². The average Bonchev–Trinajstić information content (AvgIpc) is 3.13. The van der Waals surface area contributed by atoms with E-state index in [2.05, 4.69) is 230 Å². The number of hydrogen-bond donors (Lipinski definition) is 0. The van der Waals surface area contributed by atoms with Gasteiger partial charge in [0.25, 0.3) is 0 Å². The molecule has 6 aromatic rings. The van der Waals surface area contributed by atoms with Gasteiger partial charge in [0.15, 0.2) is 0 Å². The Bertz CT molecular complexity index is 1530. The molecule has 0 nitrogen and oxygen atoms in total. The number of rotatable bonds is 9. The summed E-state index contributed by atoms with van der Waals surface area (Å²) >= 11 is 0. The smallest absolute Gasteiger partial charge is 0.0435 e. The average molecular weight is 667 g/mol. The van der Waals surface area contributed by atoms with Crippen molar-refractivity contribution in [3.05, 3.63) is 215 Å². The lowest BCUT2D eigenvalue weighted by atomic mass is 9.41. The molecule has 0 saturated heterocycles. The van der Waals surface area contributed by atoms with Crippen molar-refractivity contribution >= 4 is 27.7 Å². The van der Waals surface area contributed by atoms with Crippen LogP contribution in [-0.2, 0) is 15.5 Å². The Labute approximate surface area is 289 Å². The first-order valence-electron chi connectivity index (χ1n) is 16.3. The van der Waals surface area contributed by atoms with Crippen LogP contribution in [0.3, 0.4) is 0 Å². The van der Waals surface area contributed by atoms with E-state index in [-0.39, 0.29) is 5.41 Å². The van der Waals surface area contributed by atoms with Crippen molar-refractivity contribution < 1.29 is 0 Å². The fourth-order valence-electron chi connectivity index (χ4n) is 8.71. The van der Waals surface area contributed by atoms with Crippen molar-refractivity contribution in [1.29, 1.82) is 0 Å². The van der Waals surface area contributed by atoms with Crippen LogP contribution in [0.25, 0.3) is 0 Å². The summed E-state index contributed by atoms with van der Waals surface area (Å²) in [5.74, 6) is 0. The third kappa shape index (κ3) is 5.17. The maximum Gasteiger partial charge on any atom is 0.0435 e. The maximum absolute atomic E-state index is 3.53. The van der Waals surface area contributed by atoms with E-state index in [0.717, 1.165) is 0 Å². The molecule has 0 heterocycles. The topological polar surface area (TPSA) is 0 Å². The van der Waals surface area contributed by atoms with Crippen molar-refractivity contribution in [2.75, 3.05) is 0 Å². The first-order chi connectivity index (χ1) is 22.6. The van der Waals surface area contributed by atoms with Gasteiger partial charge in [0.2, 0.25) is 0 Å². The van der Waals surface area contributed by atoms with Crippen molar-refractivity contribution in [2.24, 2.45) is 10.8 Å². The van der Waals surface area contributed by atoms with E-state index in [1.54, 1.807) is 0 Å². The van der Waals surface area contributed by atoms with E-state index >= 15 is 0 Å². The number of benzene rings is 6. The van der Waals surface area contributed by atoms with Gasteiger partial charge in [-0.3, -0.25) is 0 Å². The van der Waals surface area contributed by atoms with Crippen LogP contribution in [0.15, 0.2) is 182 Å². The Kier molecular flexibility index (Phi) is 9.45. The maximum atomic E-state index is 3.53. The predicted molar refractivity (Wildman–Crippen MR) is 212 cm³/mol. The largest absolute Gasteiger partial charge is 0.121 e. The van der Waals surface area contributed by atoms with Gasteiger partial charge in [-0.15, -0.1) is 27.7 Å². The summed E-state index contributed by atoms with van der Waals surface area (Å²) in [4.78, 5) is 0. The summed E-state index contributed by atoms with van der Waals surface area (Å²) in [6, 6.07) is 66.9. The van der Waals surface area contributed by atoms with E-state index in [0.29, 0.717) is 0 Å². The highest BCUT2D eigenvalue weighted by atomic mass is 31.0. The highest BCUT2D eigenvalue weighted by molar-refractivity contribution is 7.22. The molecule has 0 amide bonds. The minimum atomic E-state index is -0.686. The molecule has 3 heteroatoms. The van der Waals surface area contributed by atoms with Crippen LogP contribution in [0.5, 0.6) is 0 Å². The molecule has 0 aliphatic heterocycles. The molecule has 6 rings (SSSR count). The highest BCUT2D eigenvalue weighted by Crippen LogP contribution is 2.80. The van der Waals surface area contributed by atoms with Gasteiger partial charge in [0.1, 0.15) is 0 Å². The minimum Gasteiger partial charge on any atom is -0.121 e. The second kappa shape index (κ2) is 13.3. The summed E-state index contributed by atoms with van der Waals surface area (Å²) in [7, 11) is 10.6. The van der Waals surface area contributed by atoms with Gasteiger partial charge < -0.3 is 0 Å². The third-order valence-electron chi connectivity index (χ3n) is 10.3. The fourth-order valence-corrected chi connectivity index (χ4v) is 13.0. The predicted octanol–water partition coefficient (Wildman–Crippen LogP) is 11.5. The Morgan fingerprint density at radius 3 is 0.553 bits per heavy atom. The molecule has 0 aromatic heterocycles. The normalized spacial score (nSPS) is 12.9. The molecule has 47 heavy (non-hydrogen) atoms. The van der Waals surface area contributed by atoms with Gasteiger partial charge in [0.05, 0.1) is 0 Å². The van der Waals surface area contributed by atoms with E-state index in [1.807, 2.05) is 0 Å². The third-order valence-corrected chi connectivity index (χ3v) is 13.6. The van der Waals surface area contributed by atoms with E-state index in [9.17, 15) is 0 Å². The van der Waals surface area contributed by atoms with Crippen LogP contribution in [-0.4, -0.2) is 0 Å². The zero-order valence-electron chi connectivity index (χ0n) is 27.6. The zero-order valence-corrected chi connectivity index (χ0v) is 31.0. The summed E-state index contributed by atoms with van der Waals surface area (Å²) in [6.45, 7) is 7.35. The summed E-state index contributed by atoms with van der Waals surface area (Å²) in [5.41, 5.74) is 6.38. The van der Waals surface area contributed by atoms with Crippen molar-refractivity contribution in [3.8, 4) is 0 Å². The van der Waals surface area contributed by atoms with Gasteiger partial charge in [-0.25, -0.2) is 0 Å². The Hall–Kier alpha value is -3.39. The van der Waals surface area contributed by atoms with Crippen LogP contribution in [0, 0.1) is 10.8 Å². The highest BCUT2D eigenvalue weighted by Gasteiger charge is 2.74. The van der Waals surface area contributed by atoms with E-state index in [4.69, 9.17) is 0 Å². The minimum absolute atomic E-state index is 0.374. The molecule has 0 aliphatic carbocycles. The Morgan fingerprint density at radius 2 is 0.426 bits per heavy atom.